The highest BCUT2D eigenvalue weighted by molar-refractivity contribution is 5.92. The molecule has 2 aromatic rings. The lowest BCUT2D eigenvalue weighted by Crippen LogP contribution is -2.40. The van der Waals surface area contributed by atoms with Crippen LogP contribution in [0.4, 0.5) is 4.39 Å². The average Bonchev–Trinajstić information content (AvgIpc) is 2.61. The number of benzene rings is 1. The molecular weight excluding hydrogens is 291 g/mol. The first kappa shape index (κ1) is 15.7. The van der Waals surface area contributed by atoms with Gasteiger partial charge in [0.2, 0.25) is 0 Å². The maximum Gasteiger partial charge on any atom is 0.272 e. The Labute approximate surface area is 136 Å². The van der Waals surface area contributed by atoms with Gasteiger partial charge in [-0.3, -0.25) is 9.78 Å². The van der Waals surface area contributed by atoms with Crippen LogP contribution < -0.4 is 0 Å². The summed E-state index contributed by atoms with van der Waals surface area (Å²) in [6, 6.07) is 12.1. The topological polar surface area (TPSA) is 33.2 Å². The Kier molecular flexibility index (Phi) is 5.01. The first-order valence-corrected chi connectivity index (χ1v) is 8.17. The monoisotopic (exact) mass is 312 g/mol. The number of aryl methyl sites for hydroxylation is 1. The van der Waals surface area contributed by atoms with Crippen molar-refractivity contribution in [1.82, 2.24) is 9.88 Å². The summed E-state index contributed by atoms with van der Waals surface area (Å²) in [5.41, 5.74) is 1.67. The SMILES string of the molecule is O=C(c1ccccn1)N1CCCC(CCc2ccc(F)cc2)C1. The molecule has 0 aliphatic carbocycles. The first-order chi connectivity index (χ1) is 11.2. The van der Waals surface area contributed by atoms with E-state index in [1.807, 2.05) is 29.2 Å². The summed E-state index contributed by atoms with van der Waals surface area (Å²) < 4.78 is 12.9. The third-order valence-corrected chi connectivity index (χ3v) is 4.44. The molecule has 3 rings (SSSR count). The quantitative estimate of drug-likeness (QED) is 0.862. The van der Waals surface area contributed by atoms with Crippen molar-refractivity contribution in [1.29, 1.82) is 0 Å². The van der Waals surface area contributed by atoms with Crippen LogP contribution >= 0.6 is 0 Å². The third kappa shape index (κ3) is 4.15. The molecule has 23 heavy (non-hydrogen) atoms. The van der Waals surface area contributed by atoms with Crippen LogP contribution in [0.15, 0.2) is 48.7 Å². The summed E-state index contributed by atoms with van der Waals surface area (Å²) in [5, 5.41) is 0. The van der Waals surface area contributed by atoms with Crippen molar-refractivity contribution >= 4 is 5.91 Å². The fourth-order valence-corrected chi connectivity index (χ4v) is 3.16. The van der Waals surface area contributed by atoms with Gasteiger partial charge in [0.1, 0.15) is 11.5 Å². The standard InChI is InChI=1S/C19H21FN2O/c20-17-10-8-15(9-11-17)6-7-16-4-3-13-22(14-16)19(23)18-5-1-2-12-21-18/h1-2,5,8-12,16H,3-4,6-7,13-14H2. The zero-order valence-electron chi connectivity index (χ0n) is 13.1. The summed E-state index contributed by atoms with van der Waals surface area (Å²) in [4.78, 5) is 18.6. The molecule has 0 N–H and O–H groups in total. The minimum atomic E-state index is -0.196. The van der Waals surface area contributed by atoms with Crippen molar-refractivity contribution < 1.29 is 9.18 Å². The van der Waals surface area contributed by atoms with Crippen LogP contribution in [0.3, 0.4) is 0 Å². The van der Waals surface area contributed by atoms with E-state index in [-0.39, 0.29) is 11.7 Å². The Morgan fingerprint density at radius 3 is 2.78 bits per heavy atom. The molecule has 1 aliphatic rings. The highest BCUT2D eigenvalue weighted by Crippen LogP contribution is 2.22. The largest absolute Gasteiger partial charge is 0.337 e. The highest BCUT2D eigenvalue weighted by atomic mass is 19.1. The second-order valence-electron chi connectivity index (χ2n) is 6.14. The molecule has 3 nitrogen and oxygen atoms in total. The summed E-state index contributed by atoms with van der Waals surface area (Å²) in [6.45, 7) is 1.60. The van der Waals surface area contributed by atoms with Crippen molar-refractivity contribution in [2.75, 3.05) is 13.1 Å². The van der Waals surface area contributed by atoms with Crippen molar-refractivity contribution in [2.45, 2.75) is 25.7 Å². The van der Waals surface area contributed by atoms with Gasteiger partial charge >= 0.3 is 0 Å². The van der Waals surface area contributed by atoms with Crippen LogP contribution in [0.25, 0.3) is 0 Å². The van der Waals surface area contributed by atoms with E-state index in [0.29, 0.717) is 11.6 Å². The number of hydrogen-bond donors (Lipinski definition) is 0. The first-order valence-electron chi connectivity index (χ1n) is 8.17. The molecule has 1 atom stereocenters. The predicted octanol–water partition coefficient (Wildman–Crippen LogP) is 3.71. The molecule has 1 aromatic carbocycles. The summed E-state index contributed by atoms with van der Waals surface area (Å²) in [6.07, 6.45) is 5.79. The number of carbonyl (C=O) groups is 1. The van der Waals surface area contributed by atoms with Gasteiger partial charge in [-0.05, 0) is 61.4 Å². The number of likely N-dealkylation sites (tertiary alicyclic amines) is 1. The van der Waals surface area contributed by atoms with E-state index < -0.39 is 0 Å². The molecule has 4 heteroatoms. The van der Waals surface area contributed by atoms with Crippen molar-refractivity contribution in [2.24, 2.45) is 5.92 Å². The van der Waals surface area contributed by atoms with Crippen LogP contribution in [0.2, 0.25) is 0 Å². The normalized spacial score (nSPS) is 18.0. The maximum absolute atomic E-state index is 12.9. The van der Waals surface area contributed by atoms with E-state index in [1.54, 1.807) is 12.3 Å². The van der Waals surface area contributed by atoms with E-state index >= 15 is 0 Å². The Bertz CT molecular complexity index is 642. The van der Waals surface area contributed by atoms with E-state index in [2.05, 4.69) is 4.98 Å². The predicted molar refractivity (Wildman–Crippen MR) is 87.6 cm³/mol. The molecule has 1 amide bonds. The number of rotatable bonds is 4. The van der Waals surface area contributed by atoms with Crippen LogP contribution in [0.1, 0.15) is 35.3 Å². The summed E-state index contributed by atoms with van der Waals surface area (Å²) in [7, 11) is 0. The van der Waals surface area contributed by atoms with E-state index in [4.69, 9.17) is 0 Å². The Hall–Kier alpha value is -2.23. The fraction of sp³-hybridized carbons (Fsp3) is 0.368. The van der Waals surface area contributed by atoms with Crippen LogP contribution in [0, 0.1) is 11.7 Å². The second kappa shape index (κ2) is 7.36. The zero-order valence-corrected chi connectivity index (χ0v) is 13.1. The number of nitrogens with zero attached hydrogens (tertiary/aromatic N) is 2. The van der Waals surface area contributed by atoms with Gasteiger partial charge in [0.25, 0.3) is 5.91 Å². The highest BCUT2D eigenvalue weighted by Gasteiger charge is 2.24. The Balaban J connectivity index is 1.56. The van der Waals surface area contributed by atoms with Gasteiger partial charge in [-0.1, -0.05) is 18.2 Å². The van der Waals surface area contributed by atoms with Crippen LogP contribution in [0.5, 0.6) is 0 Å². The molecule has 1 fully saturated rings. The van der Waals surface area contributed by atoms with Gasteiger partial charge < -0.3 is 4.90 Å². The molecule has 1 aromatic heterocycles. The number of pyridine rings is 1. The lowest BCUT2D eigenvalue weighted by Gasteiger charge is -2.32. The molecular formula is C19H21FN2O. The van der Waals surface area contributed by atoms with Gasteiger partial charge in [0.15, 0.2) is 0 Å². The molecule has 1 aliphatic heterocycles. The number of hydrogen-bond acceptors (Lipinski definition) is 2. The Morgan fingerprint density at radius 2 is 2.04 bits per heavy atom. The van der Waals surface area contributed by atoms with Gasteiger partial charge in [-0.15, -0.1) is 0 Å². The van der Waals surface area contributed by atoms with Crippen molar-refractivity contribution in [3.05, 3.63) is 65.7 Å². The van der Waals surface area contributed by atoms with Crippen LogP contribution in [-0.4, -0.2) is 28.9 Å². The minimum absolute atomic E-state index is 0.0251. The lowest BCUT2D eigenvalue weighted by molar-refractivity contribution is 0.0662. The third-order valence-electron chi connectivity index (χ3n) is 4.44. The molecule has 0 bridgehead atoms. The summed E-state index contributed by atoms with van der Waals surface area (Å²) in [5.74, 6) is 0.331. The zero-order chi connectivity index (χ0) is 16.1. The molecule has 120 valence electrons. The van der Waals surface area contributed by atoms with Crippen molar-refractivity contribution in [3.8, 4) is 0 Å². The minimum Gasteiger partial charge on any atom is -0.337 e. The fourth-order valence-electron chi connectivity index (χ4n) is 3.16. The van der Waals surface area contributed by atoms with E-state index in [9.17, 15) is 9.18 Å². The molecule has 0 saturated carbocycles. The number of carbonyl (C=O) groups excluding carboxylic acids is 1. The molecule has 1 unspecified atom stereocenters. The average molecular weight is 312 g/mol. The lowest BCUT2D eigenvalue weighted by atomic mass is 9.91. The van der Waals surface area contributed by atoms with E-state index in [1.165, 1.54) is 12.1 Å². The van der Waals surface area contributed by atoms with Crippen molar-refractivity contribution in [3.63, 3.8) is 0 Å². The number of aromatic nitrogens is 1. The van der Waals surface area contributed by atoms with Gasteiger partial charge in [0.05, 0.1) is 0 Å². The number of amides is 1. The van der Waals surface area contributed by atoms with Gasteiger partial charge in [0, 0.05) is 19.3 Å². The van der Waals surface area contributed by atoms with Gasteiger partial charge in [-0.25, -0.2) is 4.39 Å². The maximum atomic E-state index is 12.9. The molecule has 1 saturated heterocycles. The molecule has 0 radical (unpaired) electrons. The van der Waals surface area contributed by atoms with Crippen LogP contribution in [-0.2, 0) is 6.42 Å². The number of halogens is 1. The van der Waals surface area contributed by atoms with E-state index in [0.717, 1.165) is 44.3 Å². The number of piperidine rings is 1. The summed E-state index contributed by atoms with van der Waals surface area (Å²) >= 11 is 0. The smallest absolute Gasteiger partial charge is 0.272 e. The molecule has 2 heterocycles. The Morgan fingerprint density at radius 1 is 1.22 bits per heavy atom. The molecule has 0 spiro atoms. The second-order valence-corrected chi connectivity index (χ2v) is 6.14. The van der Waals surface area contributed by atoms with Gasteiger partial charge in [-0.2, -0.15) is 0 Å².